The van der Waals surface area contributed by atoms with E-state index in [1.807, 2.05) is 6.20 Å². The summed E-state index contributed by atoms with van der Waals surface area (Å²) >= 11 is 0. The van der Waals surface area contributed by atoms with E-state index in [1.165, 1.54) is 42.5 Å². The largest absolute Gasteiger partial charge is 0.346 e. The van der Waals surface area contributed by atoms with Crippen molar-refractivity contribution in [3.63, 3.8) is 0 Å². The fourth-order valence-electron chi connectivity index (χ4n) is 2.88. The lowest BCUT2D eigenvalue weighted by Gasteiger charge is -2.01. The highest BCUT2D eigenvalue weighted by Gasteiger charge is 2.02. The number of nitrogens with one attached hydrogen (secondary N) is 1. The Balaban J connectivity index is 1.38. The molecule has 0 radical (unpaired) electrons. The van der Waals surface area contributed by atoms with E-state index < -0.39 is 0 Å². The van der Waals surface area contributed by atoms with Crippen LogP contribution in [0, 0.1) is 0 Å². The Morgan fingerprint density at radius 1 is 0.696 bits per heavy atom. The zero-order chi connectivity index (χ0) is 15.7. The second kappa shape index (κ2) is 8.33. The van der Waals surface area contributed by atoms with Gasteiger partial charge in [0.15, 0.2) is 0 Å². The predicted octanol–water partition coefficient (Wildman–Crippen LogP) is 4.96. The van der Waals surface area contributed by atoms with Gasteiger partial charge in [-0.15, -0.1) is 0 Å². The maximum absolute atomic E-state index is 4.51. The molecule has 3 aromatic rings. The maximum atomic E-state index is 4.51. The first-order valence-electron chi connectivity index (χ1n) is 8.51. The minimum Gasteiger partial charge on any atom is -0.346 e. The van der Waals surface area contributed by atoms with Gasteiger partial charge in [-0.1, -0.05) is 67.1 Å². The number of unbranched alkanes of at least 4 members (excludes halogenated alkanes) is 2. The van der Waals surface area contributed by atoms with Gasteiger partial charge >= 0.3 is 0 Å². The summed E-state index contributed by atoms with van der Waals surface area (Å²) in [7, 11) is 0. The first-order chi connectivity index (χ1) is 11.4. The van der Waals surface area contributed by atoms with Crippen LogP contribution in [0.5, 0.6) is 0 Å². The van der Waals surface area contributed by atoms with Crippen LogP contribution in [0.25, 0.3) is 0 Å². The van der Waals surface area contributed by atoms with Crippen molar-refractivity contribution in [2.45, 2.75) is 38.5 Å². The highest BCUT2D eigenvalue weighted by molar-refractivity contribution is 5.21. The minimum atomic E-state index is 0.932. The fraction of sp³-hybridized carbons (Fsp3) is 0.286. The maximum Gasteiger partial charge on any atom is 0.106 e. The summed E-state index contributed by atoms with van der Waals surface area (Å²) in [5.74, 6) is 1.12. The Kier molecular flexibility index (Phi) is 5.63. The minimum absolute atomic E-state index is 0.932. The van der Waals surface area contributed by atoms with E-state index in [9.17, 15) is 0 Å². The van der Waals surface area contributed by atoms with E-state index in [4.69, 9.17) is 0 Å². The summed E-state index contributed by atoms with van der Waals surface area (Å²) in [6, 6.07) is 21.3. The summed E-state index contributed by atoms with van der Waals surface area (Å²) in [5, 5.41) is 0. The van der Waals surface area contributed by atoms with Crippen LogP contribution in [0.2, 0.25) is 0 Å². The molecule has 0 aliphatic rings. The van der Waals surface area contributed by atoms with Gasteiger partial charge in [-0.05, 0) is 30.4 Å². The van der Waals surface area contributed by atoms with Crippen molar-refractivity contribution in [1.29, 1.82) is 0 Å². The molecule has 118 valence electrons. The van der Waals surface area contributed by atoms with Gasteiger partial charge < -0.3 is 4.98 Å². The van der Waals surface area contributed by atoms with Gasteiger partial charge in [-0.3, -0.25) is 0 Å². The zero-order valence-corrected chi connectivity index (χ0v) is 13.5. The molecule has 3 rings (SSSR count). The summed E-state index contributed by atoms with van der Waals surface area (Å²) in [4.78, 5) is 7.97. The molecule has 0 saturated carbocycles. The molecule has 0 amide bonds. The number of nitrogens with zero attached hydrogens (tertiary/aromatic N) is 1. The van der Waals surface area contributed by atoms with E-state index in [1.54, 1.807) is 0 Å². The highest BCUT2D eigenvalue weighted by Crippen LogP contribution is 2.11. The van der Waals surface area contributed by atoms with E-state index in [0.717, 1.165) is 18.7 Å². The number of aryl methyl sites for hydroxylation is 2. The second-order valence-electron chi connectivity index (χ2n) is 6.06. The SMILES string of the molecule is c1ccc(CCCCCc2ncc(Cc3ccccc3)[nH]2)cc1. The van der Waals surface area contributed by atoms with Gasteiger partial charge in [0.2, 0.25) is 0 Å². The molecule has 2 nitrogen and oxygen atoms in total. The van der Waals surface area contributed by atoms with Crippen LogP contribution in [0.15, 0.2) is 66.9 Å². The van der Waals surface area contributed by atoms with Crippen LogP contribution < -0.4 is 0 Å². The van der Waals surface area contributed by atoms with Gasteiger partial charge in [0.25, 0.3) is 0 Å². The van der Waals surface area contributed by atoms with E-state index in [2.05, 4.69) is 70.6 Å². The van der Waals surface area contributed by atoms with Crippen LogP contribution in [0.1, 0.15) is 41.9 Å². The van der Waals surface area contributed by atoms with Crippen molar-refractivity contribution in [1.82, 2.24) is 9.97 Å². The molecule has 2 heteroatoms. The smallest absolute Gasteiger partial charge is 0.106 e. The molecule has 1 N–H and O–H groups in total. The van der Waals surface area contributed by atoms with Crippen LogP contribution in [-0.2, 0) is 19.3 Å². The summed E-state index contributed by atoms with van der Waals surface area (Å²) < 4.78 is 0. The van der Waals surface area contributed by atoms with Crippen molar-refractivity contribution in [3.8, 4) is 0 Å². The summed E-state index contributed by atoms with van der Waals surface area (Å²) in [5.41, 5.74) is 3.97. The molecule has 1 heterocycles. The molecule has 0 aliphatic heterocycles. The zero-order valence-electron chi connectivity index (χ0n) is 13.5. The van der Waals surface area contributed by atoms with Crippen LogP contribution in [-0.4, -0.2) is 9.97 Å². The van der Waals surface area contributed by atoms with Crippen molar-refractivity contribution in [3.05, 3.63) is 89.5 Å². The molecule has 23 heavy (non-hydrogen) atoms. The molecule has 2 aromatic carbocycles. The highest BCUT2D eigenvalue weighted by atomic mass is 14.9. The number of hydrogen-bond donors (Lipinski definition) is 1. The Hall–Kier alpha value is -2.35. The lowest BCUT2D eigenvalue weighted by Crippen LogP contribution is -1.92. The molecule has 0 unspecified atom stereocenters. The number of aromatic amines is 1. The molecule has 0 fully saturated rings. The first-order valence-corrected chi connectivity index (χ1v) is 8.51. The molecule has 0 saturated heterocycles. The van der Waals surface area contributed by atoms with Gasteiger partial charge in [0.05, 0.1) is 0 Å². The Morgan fingerprint density at radius 3 is 2.09 bits per heavy atom. The van der Waals surface area contributed by atoms with Crippen LogP contribution >= 0.6 is 0 Å². The fourth-order valence-corrected chi connectivity index (χ4v) is 2.88. The number of H-pyrrole nitrogens is 1. The number of aromatic nitrogens is 2. The van der Waals surface area contributed by atoms with Gasteiger partial charge in [-0.2, -0.15) is 0 Å². The van der Waals surface area contributed by atoms with Crippen LogP contribution in [0.3, 0.4) is 0 Å². The third-order valence-corrected chi connectivity index (χ3v) is 4.14. The van der Waals surface area contributed by atoms with Gasteiger partial charge in [0.1, 0.15) is 5.82 Å². The number of imidazole rings is 1. The third-order valence-electron chi connectivity index (χ3n) is 4.14. The van der Waals surface area contributed by atoms with Gasteiger partial charge in [0, 0.05) is 24.7 Å². The summed E-state index contributed by atoms with van der Waals surface area (Å²) in [6.07, 6.45) is 8.84. The average molecular weight is 304 g/mol. The second-order valence-corrected chi connectivity index (χ2v) is 6.06. The molecular formula is C21H24N2. The Morgan fingerprint density at radius 2 is 1.35 bits per heavy atom. The number of rotatable bonds is 8. The summed E-state index contributed by atoms with van der Waals surface area (Å²) in [6.45, 7) is 0. The predicted molar refractivity (Wildman–Crippen MR) is 95.5 cm³/mol. The monoisotopic (exact) mass is 304 g/mol. The molecular weight excluding hydrogens is 280 g/mol. The van der Waals surface area contributed by atoms with Crippen molar-refractivity contribution in [2.24, 2.45) is 0 Å². The molecule has 0 atom stereocenters. The van der Waals surface area contributed by atoms with Crippen LogP contribution in [0.4, 0.5) is 0 Å². The normalized spacial score (nSPS) is 10.8. The Bertz CT molecular complexity index is 686. The number of benzene rings is 2. The van der Waals surface area contributed by atoms with E-state index in [-0.39, 0.29) is 0 Å². The van der Waals surface area contributed by atoms with Crippen molar-refractivity contribution >= 4 is 0 Å². The molecule has 1 aromatic heterocycles. The lowest BCUT2D eigenvalue weighted by molar-refractivity contribution is 0.665. The standard InChI is InChI=1S/C21H24N2/c1-4-10-18(11-5-1)12-6-3-9-15-21-22-17-20(23-21)16-19-13-7-2-8-14-19/h1-2,4-5,7-8,10-11,13-14,17H,3,6,9,12,15-16H2,(H,22,23). The lowest BCUT2D eigenvalue weighted by atomic mass is 10.1. The third kappa shape index (κ3) is 5.10. The van der Waals surface area contributed by atoms with Gasteiger partial charge in [-0.25, -0.2) is 4.98 Å². The average Bonchev–Trinajstić information content (AvgIpc) is 3.04. The molecule has 0 bridgehead atoms. The topological polar surface area (TPSA) is 28.7 Å². The number of hydrogen-bond acceptors (Lipinski definition) is 1. The van der Waals surface area contributed by atoms with Crippen molar-refractivity contribution in [2.75, 3.05) is 0 Å². The Labute approximate surface area is 138 Å². The quantitative estimate of drug-likeness (QED) is 0.586. The molecule has 0 aliphatic carbocycles. The van der Waals surface area contributed by atoms with E-state index >= 15 is 0 Å². The first kappa shape index (κ1) is 15.5. The molecule has 0 spiro atoms. The van der Waals surface area contributed by atoms with Crippen molar-refractivity contribution < 1.29 is 0 Å². The van der Waals surface area contributed by atoms with E-state index in [0.29, 0.717) is 0 Å².